The Hall–Kier alpha value is -6.06. The summed E-state index contributed by atoms with van der Waals surface area (Å²) >= 11 is 0. The highest BCUT2D eigenvalue weighted by Gasteiger charge is 2.23. The lowest BCUT2D eigenvalue weighted by atomic mass is 9.90. The summed E-state index contributed by atoms with van der Waals surface area (Å²) in [4.78, 5) is 2.40. The van der Waals surface area contributed by atoms with Crippen molar-refractivity contribution in [3.63, 3.8) is 0 Å². The van der Waals surface area contributed by atoms with Crippen molar-refractivity contribution in [3.05, 3.63) is 157 Å². The van der Waals surface area contributed by atoms with Gasteiger partial charge in [-0.25, -0.2) is 0 Å². The van der Waals surface area contributed by atoms with E-state index in [4.69, 9.17) is 8.83 Å². The van der Waals surface area contributed by atoms with Gasteiger partial charge in [0.15, 0.2) is 0 Å². The molecule has 0 saturated carbocycles. The molecule has 48 heavy (non-hydrogen) atoms. The Labute approximate surface area is 277 Å². The van der Waals surface area contributed by atoms with Crippen molar-refractivity contribution in [1.82, 2.24) is 0 Å². The lowest BCUT2D eigenvalue weighted by Crippen LogP contribution is -2.10. The van der Waals surface area contributed by atoms with Gasteiger partial charge in [0.25, 0.3) is 0 Å². The highest BCUT2D eigenvalue weighted by Crippen LogP contribution is 2.46. The third-order valence-corrected chi connectivity index (χ3v) is 10.1. The molecule has 2 heterocycles. The third kappa shape index (κ3) is 4.07. The van der Waals surface area contributed by atoms with Crippen LogP contribution in [0.1, 0.15) is 30.6 Å². The quantitative estimate of drug-likeness (QED) is 0.184. The van der Waals surface area contributed by atoms with E-state index in [9.17, 15) is 0 Å². The van der Waals surface area contributed by atoms with Gasteiger partial charge in [0.1, 0.15) is 22.5 Å². The average Bonchev–Trinajstić information content (AvgIpc) is 3.71. The molecule has 2 aromatic heterocycles. The fraction of sp³-hybridized carbons (Fsp3) is 0.0667. The maximum Gasteiger partial charge on any atom is 0.136 e. The average molecular weight is 618 g/mol. The molecule has 0 N–H and O–H groups in total. The van der Waals surface area contributed by atoms with Crippen LogP contribution in [0.4, 0.5) is 17.1 Å². The van der Waals surface area contributed by atoms with Crippen molar-refractivity contribution in [2.45, 2.75) is 19.3 Å². The van der Waals surface area contributed by atoms with Crippen molar-refractivity contribution >= 4 is 77.6 Å². The first-order chi connectivity index (χ1) is 23.7. The second-order valence-corrected chi connectivity index (χ2v) is 12.9. The summed E-state index contributed by atoms with van der Waals surface area (Å²) in [6, 6.07) is 50.0. The SMILES string of the molecule is CC1CC=Cc2oc3ccc(N(c4ccc(-c5ccccc5)cc4)c4cccc5c4ccc4ccc6oc7ccccc7c6c45)cc3c21. The molecule has 1 unspecified atom stereocenters. The summed E-state index contributed by atoms with van der Waals surface area (Å²) in [7, 11) is 0. The molecule has 0 saturated heterocycles. The molecule has 10 rings (SSSR count). The fourth-order valence-electron chi connectivity index (χ4n) is 7.83. The van der Waals surface area contributed by atoms with Crippen LogP contribution >= 0.6 is 0 Å². The van der Waals surface area contributed by atoms with Crippen molar-refractivity contribution in [2.24, 2.45) is 0 Å². The summed E-state index contributed by atoms with van der Waals surface area (Å²) in [5.74, 6) is 1.38. The molecule has 3 nitrogen and oxygen atoms in total. The monoisotopic (exact) mass is 617 g/mol. The van der Waals surface area contributed by atoms with Gasteiger partial charge >= 0.3 is 0 Å². The van der Waals surface area contributed by atoms with Crippen LogP contribution in [0.15, 0.2) is 154 Å². The molecular weight excluding hydrogens is 587 g/mol. The van der Waals surface area contributed by atoms with Crippen molar-refractivity contribution in [1.29, 1.82) is 0 Å². The normalized spacial score (nSPS) is 14.4. The van der Waals surface area contributed by atoms with E-state index in [0.717, 1.165) is 56.8 Å². The molecule has 7 aromatic carbocycles. The van der Waals surface area contributed by atoms with E-state index in [-0.39, 0.29) is 0 Å². The van der Waals surface area contributed by atoms with Crippen LogP contribution in [0.3, 0.4) is 0 Å². The second kappa shape index (κ2) is 10.5. The predicted octanol–water partition coefficient (Wildman–Crippen LogP) is 13.3. The predicted molar refractivity (Wildman–Crippen MR) is 201 cm³/mol. The first-order valence-electron chi connectivity index (χ1n) is 16.7. The van der Waals surface area contributed by atoms with Gasteiger partial charge in [-0.05, 0) is 88.8 Å². The minimum Gasteiger partial charge on any atom is -0.456 e. The molecular formula is C45H31NO2. The first-order valence-corrected chi connectivity index (χ1v) is 16.7. The highest BCUT2D eigenvalue weighted by atomic mass is 16.3. The molecule has 0 aliphatic heterocycles. The van der Waals surface area contributed by atoms with Crippen molar-refractivity contribution < 1.29 is 8.83 Å². The summed E-state index contributed by atoms with van der Waals surface area (Å²) in [6.07, 6.45) is 5.37. The maximum absolute atomic E-state index is 6.34. The van der Waals surface area contributed by atoms with Gasteiger partial charge in [0.05, 0.1) is 5.69 Å². The Bertz CT molecular complexity index is 2710. The van der Waals surface area contributed by atoms with E-state index in [1.807, 2.05) is 6.07 Å². The molecule has 0 spiro atoms. The Morgan fingerprint density at radius 3 is 2.17 bits per heavy atom. The van der Waals surface area contributed by atoms with Gasteiger partial charge in [0.2, 0.25) is 0 Å². The number of fused-ring (bicyclic) bond motifs is 10. The smallest absolute Gasteiger partial charge is 0.136 e. The number of hydrogen-bond acceptors (Lipinski definition) is 3. The van der Waals surface area contributed by atoms with Crippen molar-refractivity contribution in [2.75, 3.05) is 4.90 Å². The molecule has 228 valence electrons. The number of benzene rings is 7. The van der Waals surface area contributed by atoms with Crippen LogP contribution in [-0.4, -0.2) is 0 Å². The molecule has 0 amide bonds. The topological polar surface area (TPSA) is 29.5 Å². The number of hydrogen-bond donors (Lipinski definition) is 0. The number of rotatable bonds is 4. The van der Waals surface area contributed by atoms with E-state index in [0.29, 0.717) is 5.92 Å². The number of nitrogens with zero attached hydrogens (tertiary/aromatic N) is 1. The van der Waals surface area contributed by atoms with Crippen LogP contribution in [-0.2, 0) is 0 Å². The highest BCUT2D eigenvalue weighted by molar-refractivity contribution is 6.27. The molecule has 1 atom stereocenters. The molecule has 0 radical (unpaired) electrons. The van der Waals surface area contributed by atoms with E-state index in [1.165, 1.54) is 43.6 Å². The Balaban J connectivity index is 1.24. The Morgan fingerprint density at radius 2 is 1.27 bits per heavy atom. The van der Waals surface area contributed by atoms with Crippen molar-refractivity contribution in [3.8, 4) is 11.1 Å². The largest absolute Gasteiger partial charge is 0.456 e. The van der Waals surface area contributed by atoms with Crippen LogP contribution < -0.4 is 4.90 Å². The summed E-state index contributed by atoms with van der Waals surface area (Å²) < 4.78 is 12.7. The van der Waals surface area contributed by atoms with Crippen LogP contribution in [0.25, 0.3) is 71.7 Å². The molecule has 0 fully saturated rings. The zero-order valence-electron chi connectivity index (χ0n) is 26.5. The van der Waals surface area contributed by atoms with Gasteiger partial charge in [0, 0.05) is 43.9 Å². The van der Waals surface area contributed by atoms with Crippen LogP contribution in [0.5, 0.6) is 0 Å². The molecule has 3 heteroatoms. The zero-order valence-corrected chi connectivity index (χ0v) is 26.5. The standard InChI is InChI=1S/C45H31NO2/c1-28-9-7-16-41-43(28)37-27-33(23-26-40(37)48-41)46(32-21-17-30(18-22-32)29-10-3-2-4-11-29)38-14-8-13-35-34(38)24-19-31-20-25-42-45(44(31)35)36-12-5-6-15-39(36)47-42/h2-8,10-28H,9H2,1H3. The number of anilines is 3. The Kier molecular flexibility index (Phi) is 5.91. The van der Waals surface area contributed by atoms with E-state index >= 15 is 0 Å². The molecule has 9 aromatic rings. The lowest BCUT2D eigenvalue weighted by Gasteiger charge is -2.27. The van der Waals surface area contributed by atoms with Gasteiger partial charge in [-0.2, -0.15) is 0 Å². The van der Waals surface area contributed by atoms with E-state index in [1.54, 1.807) is 0 Å². The summed E-state index contributed by atoms with van der Waals surface area (Å²) in [5, 5.41) is 8.29. The lowest BCUT2D eigenvalue weighted by molar-refractivity contribution is 0.586. The third-order valence-electron chi connectivity index (χ3n) is 10.1. The summed E-state index contributed by atoms with van der Waals surface area (Å²) in [6.45, 7) is 2.29. The number of furan rings is 2. The van der Waals surface area contributed by atoms with Gasteiger partial charge in [-0.15, -0.1) is 0 Å². The first kappa shape index (κ1) is 27.1. The van der Waals surface area contributed by atoms with Crippen LogP contribution in [0.2, 0.25) is 0 Å². The zero-order chi connectivity index (χ0) is 31.8. The second-order valence-electron chi connectivity index (χ2n) is 12.9. The number of para-hydroxylation sites is 1. The Morgan fingerprint density at radius 1 is 0.542 bits per heavy atom. The summed E-state index contributed by atoms with van der Waals surface area (Å²) in [5.41, 5.74) is 9.76. The number of allylic oxidation sites excluding steroid dienone is 1. The van der Waals surface area contributed by atoms with Crippen LogP contribution in [0, 0.1) is 0 Å². The molecule has 0 bridgehead atoms. The van der Waals surface area contributed by atoms with Gasteiger partial charge in [-0.1, -0.05) is 104 Å². The minimum absolute atomic E-state index is 0.399. The molecule has 1 aliphatic rings. The fourth-order valence-corrected chi connectivity index (χ4v) is 7.83. The van der Waals surface area contributed by atoms with E-state index in [2.05, 4.69) is 157 Å². The molecule has 1 aliphatic carbocycles. The maximum atomic E-state index is 6.34. The van der Waals surface area contributed by atoms with Gasteiger partial charge < -0.3 is 13.7 Å². The van der Waals surface area contributed by atoms with Gasteiger partial charge in [-0.3, -0.25) is 0 Å². The van der Waals surface area contributed by atoms with E-state index < -0.39 is 0 Å². The minimum atomic E-state index is 0.399.